The van der Waals surface area contributed by atoms with Gasteiger partial charge in [-0.3, -0.25) is 14.4 Å². The molecule has 3 amide bonds. The van der Waals surface area contributed by atoms with Gasteiger partial charge in [0, 0.05) is 43.0 Å². The summed E-state index contributed by atoms with van der Waals surface area (Å²) < 4.78 is 0. The number of nitrogens with zero attached hydrogens (tertiary/aromatic N) is 2. The lowest BCUT2D eigenvalue weighted by atomic mass is 10.0. The molecule has 0 aliphatic heterocycles. The maximum atomic E-state index is 13.7. The van der Waals surface area contributed by atoms with Crippen LogP contribution < -0.4 is 21.7 Å². The lowest BCUT2D eigenvalue weighted by Crippen LogP contribution is -2.58. The first-order valence-electron chi connectivity index (χ1n) is 14.0. The molecule has 0 saturated heterocycles. The van der Waals surface area contributed by atoms with E-state index in [2.05, 4.69) is 35.9 Å². The molecule has 15 nitrogen and oxygen atoms in total. The fourth-order valence-electron chi connectivity index (χ4n) is 4.52. The number of hydrogen-bond donors (Lipinski definition) is 9. The lowest BCUT2D eigenvalue weighted by Gasteiger charge is -2.25. The number of carbonyl (C=O) groups excluding carboxylic acids is 3. The molecule has 2 aromatic carbocycles. The molecule has 15 heteroatoms. The monoisotopic (exact) mass is 618 g/mol. The average molecular weight is 619 g/mol. The van der Waals surface area contributed by atoms with Crippen molar-refractivity contribution in [2.75, 3.05) is 0 Å². The Morgan fingerprint density at radius 1 is 0.644 bits per heavy atom. The predicted molar refractivity (Wildman–Crippen MR) is 160 cm³/mol. The summed E-state index contributed by atoms with van der Waals surface area (Å²) in [6.45, 7) is 0. The van der Waals surface area contributed by atoms with Gasteiger partial charge in [-0.15, -0.1) is 0 Å². The van der Waals surface area contributed by atoms with Crippen molar-refractivity contribution in [3.8, 4) is 11.5 Å². The largest absolute Gasteiger partial charge is 0.508 e. The number of benzene rings is 2. The number of aromatic hydroxyl groups is 2. The molecule has 0 aliphatic carbocycles. The first-order chi connectivity index (χ1) is 21.6. The summed E-state index contributed by atoms with van der Waals surface area (Å²) in [6.07, 6.45) is 5.65. The molecule has 0 spiro atoms. The molecule has 4 unspecified atom stereocenters. The van der Waals surface area contributed by atoms with Gasteiger partial charge in [0.25, 0.3) is 0 Å². The highest BCUT2D eigenvalue weighted by molar-refractivity contribution is 5.94. The zero-order valence-electron chi connectivity index (χ0n) is 24.0. The summed E-state index contributed by atoms with van der Waals surface area (Å²) in [6, 6.07) is 7.38. The molecule has 236 valence electrons. The van der Waals surface area contributed by atoms with Gasteiger partial charge in [0.1, 0.15) is 29.6 Å². The zero-order valence-corrected chi connectivity index (χ0v) is 24.0. The van der Waals surface area contributed by atoms with E-state index in [0.717, 1.165) is 0 Å². The van der Waals surface area contributed by atoms with Crippen molar-refractivity contribution in [2.45, 2.75) is 49.9 Å². The van der Waals surface area contributed by atoms with E-state index in [1.165, 1.54) is 49.3 Å². The number of phenolic OH excluding ortho intramolecular Hbond substituents is 2. The van der Waals surface area contributed by atoms with Crippen molar-refractivity contribution in [1.29, 1.82) is 0 Å². The van der Waals surface area contributed by atoms with Crippen molar-refractivity contribution in [3.63, 3.8) is 0 Å². The number of H-pyrrole nitrogens is 2. The Morgan fingerprint density at radius 3 is 1.53 bits per heavy atom. The van der Waals surface area contributed by atoms with E-state index in [1.54, 1.807) is 24.3 Å². The predicted octanol–water partition coefficient (Wildman–Crippen LogP) is -0.319. The van der Waals surface area contributed by atoms with E-state index >= 15 is 0 Å². The van der Waals surface area contributed by atoms with Gasteiger partial charge < -0.3 is 47.0 Å². The fraction of sp³-hybridized carbons (Fsp3) is 0.267. The van der Waals surface area contributed by atoms with Crippen molar-refractivity contribution < 1.29 is 34.5 Å². The standard InChI is InChI=1S/C30H34N8O7/c31-23(9-17-1-5-21(39)6-2-17)27(41)36-24(10-18-3-7-22(40)8-4-18)28(42)37-25(11-19-13-32-15-34-19)29(43)38-26(30(44)45)12-20-14-33-16-35-20/h1-8,13-16,23-26,39-40H,9-12,31H2,(H,32,34)(H,33,35)(H,36,41)(H,37,42)(H,38,43)(H,44,45). The normalized spacial score (nSPS) is 13.6. The zero-order chi connectivity index (χ0) is 32.3. The van der Waals surface area contributed by atoms with Gasteiger partial charge in [0.05, 0.1) is 18.7 Å². The molecular formula is C30H34N8O7. The number of rotatable bonds is 15. The third-order valence-corrected chi connectivity index (χ3v) is 6.94. The van der Waals surface area contributed by atoms with Crippen LogP contribution in [-0.4, -0.2) is 83.1 Å². The van der Waals surface area contributed by atoms with Crippen LogP contribution in [0.15, 0.2) is 73.6 Å². The van der Waals surface area contributed by atoms with E-state index in [-0.39, 0.29) is 37.2 Å². The number of carbonyl (C=O) groups is 4. The summed E-state index contributed by atoms with van der Waals surface area (Å²) in [5, 5.41) is 36.7. The minimum atomic E-state index is -1.33. The van der Waals surface area contributed by atoms with Gasteiger partial charge in [-0.1, -0.05) is 24.3 Å². The minimum absolute atomic E-state index is 0.0131. The van der Waals surface area contributed by atoms with Gasteiger partial charge in [0.15, 0.2) is 0 Å². The van der Waals surface area contributed by atoms with Gasteiger partial charge in [-0.2, -0.15) is 0 Å². The number of aliphatic carboxylic acids is 1. The minimum Gasteiger partial charge on any atom is -0.508 e. The number of imidazole rings is 2. The number of carboxylic acids is 1. The summed E-state index contributed by atoms with van der Waals surface area (Å²) >= 11 is 0. The molecular weight excluding hydrogens is 584 g/mol. The Balaban J connectivity index is 1.52. The van der Waals surface area contributed by atoms with Crippen LogP contribution in [0.1, 0.15) is 22.5 Å². The highest BCUT2D eigenvalue weighted by Gasteiger charge is 2.31. The van der Waals surface area contributed by atoms with Crippen LogP contribution in [0.25, 0.3) is 0 Å². The molecule has 45 heavy (non-hydrogen) atoms. The van der Waals surface area contributed by atoms with Crippen LogP contribution in [0.3, 0.4) is 0 Å². The Kier molecular flexibility index (Phi) is 10.8. The SMILES string of the molecule is NC(Cc1ccc(O)cc1)C(=O)NC(Cc1ccc(O)cc1)C(=O)NC(Cc1cnc[nH]1)C(=O)NC(Cc1cnc[nH]1)C(=O)O. The van der Waals surface area contributed by atoms with E-state index in [0.29, 0.717) is 22.5 Å². The second-order valence-electron chi connectivity index (χ2n) is 10.4. The highest BCUT2D eigenvalue weighted by Crippen LogP contribution is 2.14. The number of hydrogen-bond acceptors (Lipinski definition) is 9. The number of aromatic amines is 2. The van der Waals surface area contributed by atoms with Crippen LogP contribution in [0, 0.1) is 0 Å². The molecule has 4 rings (SSSR count). The number of nitrogens with one attached hydrogen (secondary N) is 5. The molecule has 0 saturated carbocycles. The summed E-state index contributed by atoms with van der Waals surface area (Å²) in [7, 11) is 0. The smallest absolute Gasteiger partial charge is 0.326 e. The van der Waals surface area contributed by atoms with Crippen LogP contribution in [0.4, 0.5) is 0 Å². The topological polar surface area (TPSA) is 248 Å². The van der Waals surface area contributed by atoms with Gasteiger partial charge in [0.2, 0.25) is 17.7 Å². The van der Waals surface area contributed by atoms with Gasteiger partial charge >= 0.3 is 5.97 Å². The first kappa shape index (κ1) is 32.2. The molecule has 0 aliphatic rings. The molecule has 2 heterocycles. The van der Waals surface area contributed by atoms with Crippen LogP contribution >= 0.6 is 0 Å². The molecule has 0 radical (unpaired) electrons. The molecule has 4 atom stereocenters. The molecule has 0 fully saturated rings. The Morgan fingerprint density at radius 2 is 1.07 bits per heavy atom. The third-order valence-electron chi connectivity index (χ3n) is 6.94. The first-order valence-corrected chi connectivity index (χ1v) is 14.0. The number of amides is 3. The molecule has 2 aromatic heterocycles. The van der Waals surface area contributed by atoms with E-state index in [4.69, 9.17) is 5.73 Å². The second-order valence-corrected chi connectivity index (χ2v) is 10.4. The number of aromatic nitrogens is 4. The second kappa shape index (κ2) is 15.2. The Bertz CT molecular complexity index is 1560. The summed E-state index contributed by atoms with van der Waals surface area (Å²) in [5.74, 6) is -3.35. The summed E-state index contributed by atoms with van der Waals surface area (Å²) in [5.41, 5.74) is 8.41. The van der Waals surface area contributed by atoms with Gasteiger partial charge in [-0.05, 0) is 41.8 Å². The highest BCUT2D eigenvalue weighted by atomic mass is 16.4. The van der Waals surface area contributed by atoms with Crippen molar-refractivity contribution in [3.05, 3.63) is 96.1 Å². The van der Waals surface area contributed by atoms with Crippen LogP contribution in [0.2, 0.25) is 0 Å². The number of phenols is 2. The van der Waals surface area contributed by atoms with E-state index < -0.39 is 47.9 Å². The van der Waals surface area contributed by atoms with E-state index in [9.17, 15) is 34.5 Å². The number of carboxylic acid groups (broad SMARTS) is 1. The Labute approximate surface area is 257 Å². The average Bonchev–Trinajstić information content (AvgIpc) is 3.73. The van der Waals surface area contributed by atoms with Crippen molar-refractivity contribution in [2.24, 2.45) is 5.73 Å². The van der Waals surface area contributed by atoms with Gasteiger partial charge in [-0.25, -0.2) is 14.8 Å². The van der Waals surface area contributed by atoms with Crippen molar-refractivity contribution >= 4 is 23.7 Å². The maximum Gasteiger partial charge on any atom is 0.326 e. The molecule has 4 aromatic rings. The quantitative estimate of drug-likeness (QED) is 0.0840. The molecule has 10 N–H and O–H groups in total. The fourth-order valence-corrected chi connectivity index (χ4v) is 4.52. The van der Waals surface area contributed by atoms with Crippen molar-refractivity contribution in [1.82, 2.24) is 35.9 Å². The molecule has 0 bridgehead atoms. The Hall–Kier alpha value is -5.70. The third kappa shape index (κ3) is 9.65. The lowest BCUT2D eigenvalue weighted by molar-refractivity contribution is -0.142. The van der Waals surface area contributed by atoms with Crippen LogP contribution in [0.5, 0.6) is 11.5 Å². The number of nitrogens with two attached hydrogens (primary N) is 1. The maximum absolute atomic E-state index is 13.7. The summed E-state index contributed by atoms with van der Waals surface area (Å²) in [4.78, 5) is 65.7. The van der Waals surface area contributed by atoms with Crippen LogP contribution in [-0.2, 0) is 44.9 Å². The van der Waals surface area contributed by atoms with E-state index in [1.807, 2.05) is 0 Å².